The molecule has 0 spiro atoms. The molecule has 0 amide bonds. The molecule has 0 N–H and O–H groups in total. The van der Waals surface area contributed by atoms with E-state index in [9.17, 15) is 9.36 Å². The summed E-state index contributed by atoms with van der Waals surface area (Å²) in [6.07, 6.45) is 0. The Balaban J connectivity index is 2.25. The fourth-order valence-electron chi connectivity index (χ4n) is 1.63. The van der Waals surface area contributed by atoms with Crippen molar-refractivity contribution in [2.75, 3.05) is 7.11 Å². The van der Waals surface area contributed by atoms with Crippen molar-refractivity contribution in [3.05, 3.63) is 65.7 Å². The maximum atomic E-state index is 12.1. The summed E-state index contributed by atoms with van der Waals surface area (Å²) in [5.74, 6) is -0.0424. The molecule has 0 radical (unpaired) electrons. The van der Waals surface area contributed by atoms with E-state index in [1.807, 2.05) is 18.2 Å². The molecule has 1 atom stereocenters. The van der Waals surface area contributed by atoms with Gasteiger partial charge < -0.3 is 4.52 Å². The number of carbonyl (C=O) groups is 1. The van der Waals surface area contributed by atoms with E-state index in [2.05, 4.69) is 0 Å². The van der Waals surface area contributed by atoms with Gasteiger partial charge in [0.05, 0.1) is 0 Å². The lowest BCUT2D eigenvalue weighted by molar-refractivity contribution is 0.103. The van der Waals surface area contributed by atoms with Gasteiger partial charge in [0.15, 0.2) is 5.78 Å². The molecule has 0 bridgehead atoms. The quantitative estimate of drug-likeness (QED) is 0.627. The summed E-state index contributed by atoms with van der Waals surface area (Å²) in [5.41, 5.74) is 1.22. The molecule has 0 aliphatic rings. The van der Waals surface area contributed by atoms with Gasteiger partial charge in [-0.25, -0.2) is 0 Å². The van der Waals surface area contributed by atoms with Gasteiger partial charge in [0, 0.05) is 23.5 Å². The number of carbonyl (C=O) groups excluding carboxylic acids is 1. The Morgan fingerprint density at radius 2 is 1.50 bits per heavy atom. The van der Waals surface area contributed by atoms with Gasteiger partial charge in [-0.15, -0.1) is 0 Å². The molecule has 2 aromatic carbocycles. The molecule has 92 valence electrons. The van der Waals surface area contributed by atoms with Crippen LogP contribution in [0, 0.1) is 0 Å². The van der Waals surface area contributed by atoms with E-state index in [4.69, 9.17) is 4.52 Å². The molecule has 4 heteroatoms. The third-order valence-corrected chi connectivity index (χ3v) is 3.78. The molecule has 0 heterocycles. The zero-order valence-corrected chi connectivity index (χ0v) is 10.9. The highest BCUT2D eigenvalue weighted by atomic mass is 31.1. The smallest absolute Gasteiger partial charge is 0.220 e. The summed E-state index contributed by atoms with van der Waals surface area (Å²) < 4.78 is 16.2. The molecule has 18 heavy (non-hydrogen) atoms. The zero-order chi connectivity index (χ0) is 13.0. The minimum Gasteiger partial charge on any atom is -0.331 e. The lowest BCUT2D eigenvalue weighted by atomic mass is 10.0. The summed E-state index contributed by atoms with van der Waals surface area (Å²) in [4.78, 5) is 12.1. The summed E-state index contributed by atoms with van der Waals surface area (Å²) in [5, 5.41) is 0.618. The maximum Gasteiger partial charge on any atom is 0.220 e. The fraction of sp³-hybridized carbons (Fsp3) is 0.0714. The monoisotopic (exact) mass is 260 g/mol. The minimum atomic E-state index is -2.17. The van der Waals surface area contributed by atoms with Crippen molar-refractivity contribution >= 4 is 19.1 Å². The van der Waals surface area contributed by atoms with Gasteiger partial charge in [-0.2, -0.15) is 0 Å². The molecule has 1 unspecified atom stereocenters. The molecule has 0 aliphatic heterocycles. The Hall–Kier alpha value is -1.70. The second-order valence-corrected chi connectivity index (χ2v) is 5.32. The number of hydrogen-bond acceptors (Lipinski definition) is 3. The van der Waals surface area contributed by atoms with Gasteiger partial charge in [0.2, 0.25) is 8.03 Å². The largest absolute Gasteiger partial charge is 0.331 e. The fourth-order valence-corrected chi connectivity index (χ4v) is 2.31. The molecule has 3 nitrogen and oxygen atoms in total. The first-order chi connectivity index (χ1) is 8.72. The van der Waals surface area contributed by atoms with E-state index >= 15 is 0 Å². The minimum absolute atomic E-state index is 0.0424. The van der Waals surface area contributed by atoms with Crippen molar-refractivity contribution < 1.29 is 13.9 Å². The summed E-state index contributed by atoms with van der Waals surface area (Å²) in [6, 6.07) is 15.7. The predicted octanol–water partition coefficient (Wildman–Crippen LogP) is 2.66. The highest BCUT2D eigenvalue weighted by Crippen LogP contribution is 2.20. The van der Waals surface area contributed by atoms with Crippen molar-refractivity contribution in [2.45, 2.75) is 0 Å². The lowest BCUT2D eigenvalue weighted by Gasteiger charge is -2.03. The highest BCUT2D eigenvalue weighted by Gasteiger charge is 2.09. The first-order valence-corrected chi connectivity index (χ1v) is 6.82. The zero-order valence-electron chi connectivity index (χ0n) is 9.92. The first kappa shape index (κ1) is 12.7. The molecule has 2 aromatic rings. The van der Waals surface area contributed by atoms with Crippen LogP contribution >= 0.6 is 8.03 Å². The van der Waals surface area contributed by atoms with Crippen LogP contribution < -0.4 is 5.30 Å². The summed E-state index contributed by atoms with van der Waals surface area (Å²) >= 11 is 0. The average molecular weight is 260 g/mol. The van der Waals surface area contributed by atoms with Crippen LogP contribution in [0.1, 0.15) is 15.9 Å². The molecule has 0 aliphatic carbocycles. The molecule has 0 fully saturated rings. The normalized spacial score (nSPS) is 12.1. The van der Waals surface area contributed by atoms with Crippen molar-refractivity contribution in [2.24, 2.45) is 0 Å². The van der Waals surface area contributed by atoms with E-state index in [1.54, 1.807) is 36.4 Å². The Labute approximate surface area is 106 Å². The number of rotatable bonds is 4. The van der Waals surface area contributed by atoms with Crippen LogP contribution in [-0.4, -0.2) is 12.9 Å². The Bertz CT molecular complexity index is 561. The topological polar surface area (TPSA) is 43.4 Å². The highest BCUT2D eigenvalue weighted by molar-refractivity contribution is 7.48. The average Bonchev–Trinajstić information content (AvgIpc) is 2.47. The SMILES string of the molecule is CO[PH](=O)c1ccc(C(=O)c2ccccc2)cc1. The molecule has 0 saturated carbocycles. The van der Waals surface area contributed by atoms with E-state index in [1.165, 1.54) is 7.11 Å². The van der Waals surface area contributed by atoms with Gasteiger partial charge in [-0.05, 0) is 12.1 Å². The third-order valence-electron chi connectivity index (χ3n) is 2.60. The summed E-state index contributed by atoms with van der Waals surface area (Å²) in [7, 11) is -0.767. The van der Waals surface area contributed by atoms with Crippen LogP contribution in [0.5, 0.6) is 0 Å². The van der Waals surface area contributed by atoms with Crippen LogP contribution in [0.15, 0.2) is 54.6 Å². The molecule has 0 saturated heterocycles. The molecular weight excluding hydrogens is 247 g/mol. The second-order valence-electron chi connectivity index (χ2n) is 3.76. The second kappa shape index (κ2) is 5.76. The van der Waals surface area contributed by atoms with Gasteiger partial charge in [0.25, 0.3) is 0 Å². The molecular formula is C14H13O3P. The Morgan fingerprint density at radius 3 is 2.06 bits per heavy atom. The predicted molar refractivity (Wildman–Crippen MR) is 72.0 cm³/mol. The van der Waals surface area contributed by atoms with Crippen molar-refractivity contribution in [3.63, 3.8) is 0 Å². The van der Waals surface area contributed by atoms with E-state index in [0.717, 1.165) is 0 Å². The summed E-state index contributed by atoms with van der Waals surface area (Å²) in [6.45, 7) is 0. The maximum absolute atomic E-state index is 12.1. The van der Waals surface area contributed by atoms with Crippen LogP contribution in [0.3, 0.4) is 0 Å². The molecule has 2 rings (SSSR count). The van der Waals surface area contributed by atoms with Crippen molar-refractivity contribution in [1.29, 1.82) is 0 Å². The van der Waals surface area contributed by atoms with Crippen LogP contribution in [-0.2, 0) is 9.09 Å². The van der Waals surface area contributed by atoms with Crippen LogP contribution in [0.25, 0.3) is 0 Å². The Morgan fingerprint density at radius 1 is 0.944 bits per heavy atom. The van der Waals surface area contributed by atoms with E-state index < -0.39 is 8.03 Å². The number of hydrogen-bond donors (Lipinski definition) is 0. The van der Waals surface area contributed by atoms with Gasteiger partial charge in [0.1, 0.15) is 0 Å². The number of ketones is 1. The van der Waals surface area contributed by atoms with Gasteiger partial charge >= 0.3 is 0 Å². The standard InChI is InChI=1S/C14H13O3P/c1-17-18(16)13-9-7-12(8-10-13)14(15)11-5-3-2-4-6-11/h2-10,18H,1H3. The van der Waals surface area contributed by atoms with Gasteiger partial charge in [-0.3, -0.25) is 9.36 Å². The van der Waals surface area contributed by atoms with E-state index in [-0.39, 0.29) is 5.78 Å². The molecule has 0 aromatic heterocycles. The third kappa shape index (κ3) is 2.76. The van der Waals surface area contributed by atoms with Crippen molar-refractivity contribution in [3.8, 4) is 0 Å². The van der Waals surface area contributed by atoms with Crippen LogP contribution in [0.4, 0.5) is 0 Å². The van der Waals surface area contributed by atoms with E-state index in [0.29, 0.717) is 16.4 Å². The number of benzene rings is 2. The Kier molecular flexibility index (Phi) is 4.08. The van der Waals surface area contributed by atoms with Crippen LogP contribution in [0.2, 0.25) is 0 Å². The first-order valence-electron chi connectivity index (χ1n) is 5.50. The van der Waals surface area contributed by atoms with Gasteiger partial charge in [-0.1, -0.05) is 42.5 Å². The van der Waals surface area contributed by atoms with Crippen molar-refractivity contribution in [1.82, 2.24) is 0 Å². The lowest BCUT2D eigenvalue weighted by Crippen LogP contribution is -2.04.